The van der Waals surface area contributed by atoms with Gasteiger partial charge in [0.25, 0.3) is 5.91 Å². The average molecular weight is 377 g/mol. The minimum Gasteiger partial charge on any atom is -0.451 e. The summed E-state index contributed by atoms with van der Waals surface area (Å²) < 4.78 is 5.74. The number of hydrogen-bond donors (Lipinski definition) is 0. The fraction of sp³-hybridized carbons (Fsp3) is 0.381. The molecule has 7 nitrogen and oxygen atoms in total. The normalized spacial score (nSPS) is 17.5. The predicted molar refractivity (Wildman–Crippen MR) is 108 cm³/mol. The number of rotatable bonds is 3. The molecule has 144 valence electrons. The van der Waals surface area contributed by atoms with Crippen LogP contribution < -0.4 is 9.80 Å². The second-order valence-electron chi connectivity index (χ2n) is 7.34. The van der Waals surface area contributed by atoms with Gasteiger partial charge in [-0.1, -0.05) is 18.2 Å². The van der Waals surface area contributed by atoms with Crippen LogP contribution >= 0.6 is 0 Å². The van der Waals surface area contributed by atoms with E-state index in [4.69, 9.17) is 9.40 Å². The van der Waals surface area contributed by atoms with Gasteiger partial charge in [-0.2, -0.15) is 4.98 Å². The summed E-state index contributed by atoms with van der Waals surface area (Å²) in [5.41, 5.74) is 0.750. The monoisotopic (exact) mass is 377 g/mol. The van der Waals surface area contributed by atoms with Gasteiger partial charge in [0, 0.05) is 50.9 Å². The van der Waals surface area contributed by atoms with E-state index < -0.39 is 0 Å². The van der Waals surface area contributed by atoms with E-state index in [0.29, 0.717) is 18.8 Å². The molecule has 4 heterocycles. The summed E-state index contributed by atoms with van der Waals surface area (Å²) >= 11 is 0. The number of para-hydroxylation sites is 1. The Bertz CT molecular complexity index is 954. The van der Waals surface area contributed by atoms with Gasteiger partial charge in [-0.3, -0.25) is 4.79 Å². The second kappa shape index (κ2) is 7.14. The number of amides is 1. The standard InChI is InChI=1S/C21H23N5O2/c27-20(18-15-16-5-1-2-6-17(16)28-18)25-13-11-24(12-14-25)19-7-8-22-21(23-19)26-9-3-4-10-26/h1-2,5-8,15H,3-4,9-14H2. The lowest BCUT2D eigenvalue weighted by molar-refractivity contribution is 0.0717. The van der Waals surface area contributed by atoms with Gasteiger partial charge in [-0.15, -0.1) is 0 Å². The van der Waals surface area contributed by atoms with E-state index in [2.05, 4.69) is 14.8 Å². The van der Waals surface area contributed by atoms with Gasteiger partial charge >= 0.3 is 0 Å². The van der Waals surface area contributed by atoms with Crippen molar-refractivity contribution in [2.75, 3.05) is 49.1 Å². The van der Waals surface area contributed by atoms with Crippen LogP contribution in [0, 0.1) is 0 Å². The van der Waals surface area contributed by atoms with E-state index in [1.165, 1.54) is 12.8 Å². The number of hydrogen-bond acceptors (Lipinski definition) is 6. The molecule has 2 saturated heterocycles. The molecule has 1 aromatic carbocycles. The van der Waals surface area contributed by atoms with Crippen molar-refractivity contribution in [1.29, 1.82) is 0 Å². The molecular formula is C21H23N5O2. The molecule has 0 atom stereocenters. The summed E-state index contributed by atoms with van der Waals surface area (Å²) in [5, 5.41) is 0.958. The van der Waals surface area contributed by atoms with Gasteiger partial charge in [-0.05, 0) is 31.0 Å². The highest BCUT2D eigenvalue weighted by molar-refractivity contribution is 5.96. The molecular weight excluding hydrogens is 354 g/mol. The average Bonchev–Trinajstić information content (AvgIpc) is 3.43. The Kier molecular flexibility index (Phi) is 4.35. The van der Waals surface area contributed by atoms with Crippen LogP contribution in [0.4, 0.5) is 11.8 Å². The second-order valence-corrected chi connectivity index (χ2v) is 7.34. The van der Waals surface area contributed by atoms with Crippen LogP contribution in [-0.2, 0) is 0 Å². The Morgan fingerprint density at radius 1 is 0.929 bits per heavy atom. The summed E-state index contributed by atoms with van der Waals surface area (Å²) in [5.74, 6) is 2.12. The van der Waals surface area contributed by atoms with E-state index in [0.717, 1.165) is 48.9 Å². The summed E-state index contributed by atoms with van der Waals surface area (Å²) in [7, 11) is 0. The number of furan rings is 1. The fourth-order valence-electron chi connectivity index (χ4n) is 3.97. The minimum atomic E-state index is -0.0451. The molecule has 0 saturated carbocycles. The van der Waals surface area contributed by atoms with Crippen LogP contribution in [0.15, 0.2) is 47.0 Å². The number of benzene rings is 1. The van der Waals surface area contributed by atoms with Crippen LogP contribution in [-0.4, -0.2) is 60.0 Å². The zero-order valence-corrected chi connectivity index (χ0v) is 15.8. The topological polar surface area (TPSA) is 65.7 Å². The van der Waals surface area contributed by atoms with Gasteiger partial charge in [-0.25, -0.2) is 4.98 Å². The van der Waals surface area contributed by atoms with Crippen molar-refractivity contribution in [3.8, 4) is 0 Å². The van der Waals surface area contributed by atoms with Crippen LogP contribution in [0.1, 0.15) is 23.4 Å². The maximum absolute atomic E-state index is 12.8. The van der Waals surface area contributed by atoms with Gasteiger partial charge in [0.05, 0.1) is 0 Å². The number of piperazine rings is 1. The van der Waals surface area contributed by atoms with Gasteiger partial charge < -0.3 is 19.1 Å². The van der Waals surface area contributed by atoms with Gasteiger partial charge in [0.2, 0.25) is 5.95 Å². The molecule has 0 radical (unpaired) electrons. The molecule has 2 aliphatic rings. The van der Waals surface area contributed by atoms with Crippen molar-refractivity contribution in [3.05, 3.63) is 48.4 Å². The molecule has 0 N–H and O–H groups in total. The Labute approximate surface area is 163 Å². The van der Waals surface area contributed by atoms with Crippen molar-refractivity contribution in [1.82, 2.24) is 14.9 Å². The Morgan fingerprint density at radius 2 is 1.71 bits per heavy atom. The summed E-state index contributed by atoms with van der Waals surface area (Å²) in [4.78, 5) is 28.3. The van der Waals surface area contributed by atoms with Gasteiger partial charge in [0.1, 0.15) is 11.4 Å². The summed E-state index contributed by atoms with van der Waals surface area (Å²) in [6.45, 7) is 4.87. The minimum absolute atomic E-state index is 0.0451. The van der Waals surface area contributed by atoms with E-state index in [9.17, 15) is 4.79 Å². The molecule has 3 aromatic rings. The highest BCUT2D eigenvalue weighted by Crippen LogP contribution is 2.22. The maximum Gasteiger partial charge on any atom is 0.289 e. The Balaban J connectivity index is 1.26. The molecule has 0 bridgehead atoms. The largest absolute Gasteiger partial charge is 0.451 e. The van der Waals surface area contributed by atoms with Crippen LogP contribution in [0.25, 0.3) is 11.0 Å². The quantitative estimate of drug-likeness (QED) is 0.699. The predicted octanol–water partition coefficient (Wildman–Crippen LogP) is 2.79. The van der Waals surface area contributed by atoms with Gasteiger partial charge in [0.15, 0.2) is 5.76 Å². The smallest absolute Gasteiger partial charge is 0.289 e. The highest BCUT2D eigenvalue weighted by atomic mass is 16.3. The number of carbonyl (C=O) groups excluding carboxylic acids is 1. The van der Waals surface area contributed by atoms with Crippen molar-refractivity contribution >= 4 is 28.6 Å². The molecule has 2 fully saturated rings. The molecule has 28 heavy (non-hydrogen) atoms. The SMILES string of the molecule is O=C(c1cc2ccccc2o1)N1CCN(c2ccnc(N3CCCC3)n2)CC1. The lowest BCUT2D eigenvalue weighted by atomic mass is 10.2. The molecule has 1 amide bonds. The van der Waals surface area contributed by atoms with Crippen molar-refractivity contribution in [3.63, 3.8) is 0 Å². The van der Waals surface area contributed by atoms with E-state index in [1.54, 1.807) is 0 Å². The molecule has 7 heteroatoms. The van der Waals surface area contributed by atoms with Crippen LogP contribution in [0.2, 0.25) is 0 Å². The number of fused-ring (bicyclic) bond motifs is 1. The Morgan fingerprint density at radius 3 is 2.50 bits per heavy atom. The third-order valence-electron chi connectivity index (χ3n) is 5.54. The fourth-order valence-corrected chi connectivity index (χ4v) is 3.97. The Hall–Kier alpha value is -3.09. The van der Waals surface area contributed by atoms with Crippen LogP contribution in [0.5, 0.6) is 0 Å². The molecule has 0 aliphatic carbocycles. The first-order chi connectivity index (χ1) is 13.8. The van der Waals surface area contributed by atoms with E-state index >= 15 is 0 Å². The summed E-state index contributed by atoms with van der Waals surface area (Å²) in [6, 6.07) is 11.5. The van der Waals surface area contributed by atoms with Crippen molar-refractivity contribution in [2.24, 2.45) is 0 Å². The highest BCUT2D eigenvalue weighted by Gasteiger charge is 2.25. The molecule has 0 spiro atoms. The zero-order chi connectivity index (χ0) is 18.9. The molecule has 2 aromatic heterocycles. The zero-order valence-electron chi connectivity index (χ0n) is 15.8. The van der Waals surface area contributed by atoms with Crippen molar-refractivity contribution < 1.29 is 9.21 Å². The van der Waals surface area contributed by atoms with Crippen LogP contribution in [0.3, 0.4) is 0 Å². The van der Waals surface area contributed by atoms with Crippen molar-refractivity contribution in [2.45, 2.75) is 12.8 Å². The number of anilines is 2. The first-order valence-corrected chi connectivity index (χ1v) is 9.89. The first kappa shape index (κ1) is 17.0. The molecule has 0 unspecified atom stereocenters. The number of aromatic nitrogens is 2. The number of nitrogens with zero attached hydrogens (tertiary/aromatic N) is 5. The number of carbonyl (C=O) groups is 1. The molecule has 5 rings (SSSR count). The first-order valence-electron chi connectivity index (χ1n) is 9.89. The summed E-state index contributed by atoms with van der Waals surface area (Å²) in [6.07, 6.45) is 4.24. The van der Waals surface area contributed by atoms with E-state index in [1.807, 2.05) is 47.5 Å². The third-order valence-corrected chi connectivity index (χ3v) is 5.54. The lowest BCUT2D eigenvalue weighted by Crippen LogP contribution is -2.49. The lowest BCUT2D eigenvalue weighted by Gasteiger charge is -2.35. The molecule has 2 aliphatic heterocycles. The third kappa shape index (κ3) is 3.17. The maximum atomic E-state index is 12.8. The van der Waals surface area contributed by atoms with E-state index in [-0.39, 0.29) is 5.91 Å².